The van der Waals surface area contributed by atoms with Crippen LogP contribution in [0.5, 0.6) is 0 Å². The Morgan fingerprint density at radius 3 is 2.78 bits per heavy atom. The van der Waals surface area contributed by atoms with E-state index in [1.807, 2.05) is 42.5 Å². The highest BCUT2D eigenvalue weighted by Gasteiger charge is 2.38. The van der Waals surface area contributed by atoms with E-state index in [1.54, 1.807) is 23.5 Å². The quantitative estimate of drug-likeness (QED) is 0.707. The van der Waals surface area contributed by atoms with Gasteiger partial charge < -0.3 is 10.2 Å². The standard InChI is InChI=1S/C20H17N5OS/c21-13-25-11-16(15-7-4-8-22-9-15)17(12-25)19(26)24-20-23-10-18(27-20)14-5-2-1-3-6-14/h1-10,16-17H,11-12H2,(H,23,24,26)/t16-,17+/m0/s1. The van der Waals surface area contributed by atoms with Gasteiger partial charge >= 0.3 is 0 Å². The zero-order chi connectivity index (χ0) is 18.6. The van der Waals surface area contributed by atoms with Gasteiger partial charge in [0.25, 0.3) is 0 Å². The van der Waals surface area contributed by atoms with E-state index in [9.17, 15) is 10.1 Å². The van der Waals surface area contributed by atoms with Crippen LogP contribution in [0.3, 0.4) is 0 Å². The number of aromatic nitrogens is 2. The van der Waals surface area contributed by atoms with Gasteiger partial charge in [0.05, 0.1) is 10.8 Å². The van der Waals surface area contributed by atoms with Crippen molar-refractivity contribution in [3.05, 3.63) is 66.6 Å². The number of thiazole rings is 1. The maximum Gasteiger partial charge on any atom is 0.231 e. The highest BCUT2D eigenvalue weighted by Crippen LogP contribution is 2.34. The Balaban J connectivity index is 1.52. The van der Waals surface area contributed by atoms with E-state index < -0.39 is 0 Å². The van der Waals surface area contributed by atoms with Crippen LogP contribution in [-0.2, 0) is 4.79 Å². The molecule has 1 amide bonds. The topological polar surface area (TPSA) is 81.9 Å². The Morgan fingerprint density at radius 1 is 1.19 bits per heavy atom. The van der Waals surface area contributed by atoms with Gasteiger partial charge in [0.15, 0.2) is 11.3 Å². The van der Waals surface area contributed by atoms with Crippen LogP contribution in [0.2, 0.25) is 0 Å². The van der Waals surface area contributed by atoms with E-state index in [-0.39, 0.29) is 17.7 Å². The van der Waals surface area contributed by atoms with Crippen molar-refractivity contribution in [3.63, 3.8) is 0 Å². The number of pyridine rings is 1. The lowest BCUT2D eigenvalue weighted by Gasteiger charge is -2.16. The highest BCUT2D eigenvalue weighted by molar-refractivity contribution is 7.19. The smallest absolute Gasteiger partial charge is 0.231 e. The second kappa shape index (κ2) is 7.56. The minimum absolute atomic E-state index is 0.0631. The van der Waals surface area contributed by atoms with Crippen LogP contribution in [0.15, 0.2) is 61.1 Å². The molecule has 0 aliphatic carbocycles. The Morgan fingerprint density at radius 2 is 2.04 bits per heavy atom. The molecule has 1 aromatic carbocycles. The number of nitrogens with zero attached hydrogens (tertiary/aromatic N) is 4. The minimum Gasteiger partial charge on any atom is -0.309 e. The third-order valence-electron chi connectivity index (χ3n) is 4.70. The summed E-state index contributed by atoms with van der Waals surface area (Å²) in [5.41, 5.74) is 2.04. The van der Waals surface area contributed by atoms with Crippen molar-refractivity contribution in [2.45, 2.75) is 5.92 Å². The van der Waals surface area contributed by atoms with Crippen molar-refractivity contribution in [1.82, 2.24) is 14.9 Å². The normalized spacial score (nSPS) is 18.9. The Bertz CT molecular complexity index is 967. The van der Waals surface area contributed by atoms with Crippen molar-refractivity contribution in [1.29, 1.82) is 5.26 Å². The lowest BCUT2D eigenvalue weighted by molar-refractivity contribution is -0.119. The third kappa shape index (κ3) is 3.66. The van der Waals surface area contributed by atoms with Crippen molar-refractivity contribution in [2.75, 3.05) is 18.4 Å². The molecular formula is C20H17N5OS. The molecular weight excluding hydrogens is 358 g/mol. The molecule has 0 bridgehead atoms. The molecule has 3 heterocycles. The second-order valence-corrected chi connectivity index (χ2v) is 7.42. The first-order valence-corrected chi connectivity index (χ1v) is 9.43. The predicted octanol–water partition coefficient (Wildman–Crippen LogP) is 3.34. The van der Waals surface area contributed by atoms with Crippen LogP contribution in [0.1, 0.15) is 11.5 Å². The number of likely N-dealkylation sites (tertiary alicyclic amines) is 1. The predicted molar refractivity (Wildman–Crippen MR) is 104 cm³/mol. The van der Waals surface area contributed by atoms with E-state index in [2.05, 4.69) is 21.5 Å². The summed E-state index contributed by atoms with van der Waals surface area (Å²) in [4.78, 5) is 24.0. The van der Waals surface area contributed by atoms with Crippen LogP contribution >= 0.6 is 11.3 Å². The van der Waals surface area contributed by atoms with Gasteiger partial charge in [0.1, 0.15) is 0 Å². The first kappa shape index (κ1) is 17.2. The van der Waals surface area contributed by atoms with Gasteiger partial charge in [-0.3, -0.25) is 9.78 Å². The number of nitrogens with one attached hydrogen (secondary N) is 1. The van der Waals surface area contributed by atoms with E-state index in [1.165, 1.54) is 11.3 Å². The van der Waals surface area contributed by atoms with E-state index in [0.717, 1.165) is 16.0 Å². The molecule has 1 aliphatic heterocycles. The second-order valence-electron chi connectivity index (χ2n) is 6.39. The van der Waals surface area contributed by atoms with Gasteiger partial charge in [-0.1, -0.05) is 47.7 Å². The molecule has 3 aromatic rings. The van der Waals surface area contributed by atoms with Gasteiger partial charge in [-0.2, -0.15) is 5.26 Å². The number of benzene rings is 1. The molecule has 6 nitrogen and oxygen atoms in total. The average molecular weight is 375 g/mol. The summed E-state index contributed by atoms with van der Waals surface area (Å²) >= 11 is 1.44. The molecule has 0 saturated carbocycles. The lowest BCUT2D eigenvalue weighted by atomic mass is 9.89. The largest absolute Gasteiger partial charge is 0.309 e. The van der Waals surface area contributed by atoms with Crippen molar-refractivity contribution in [3.8, 4) is 16.6 Å². The van der Waals surface area contributed by atoms with Gasteiger partial charge in [0, 0.05) is 37.6 Å². The van der Waals surface area contributed by atoms with Gasteiger partial charge in [-0.15, -0.1) is 0 Å². The zero-order valence-electron chi connectivity index (χ0n) is 14.4. The molecule has 7 heteroatoms. The molecule has 4 rings (SSSR count). The first-order valence-electron chi connectivity index (χ1n) is 8.61. The molecule has 0 spiro atoms. The summed E-state index contributed by atoms with van der Waals surface area (Å²) in [7, 11) is 0. The van der Waals surface area contributed by atoms with Crippen molar-refractivity contribution < 1.29 is 4.79 Å². The van der Waals surface area contributed by atoms with Gasteiger partial charge in [-0.25, -0.2) is 4.98 Å². The fourth-order valence-electron chi connectivity index (χ4n) is 3.35. The van der Waals surface area contributed by atoms with Crippen LogP contribution in [-0.4, -0.2) is 33.9 Å². The summed E-state index contributed by atoms with van der Waals surface area (Å²) in [5, 5.41) is 12.8. The van der Waals surface area contributed by atoms with E-state index in [4.69, 9.17) is 0 Å². The third-order valence-corrected chi connectivity index (χ3v) is 5.67. The number of amides is 1. The fourth-order valence-corrected chi connectivity index (χ4v) is 4.17. The van der Waals surface area contributed by atoms with Gasteiger partial charge in [-0.05, 0) is 17.2 Å². The van der Waals surface area contributed by atoms with Crippen LogP contribution in [0.4, 0.5) is 5.13 Å². The maximum atomic E-state index is 12.9. The fraction of sp³-hybridized carbons (Fsp3) is 0.200. The molecule has 2 aromatic heterocycles. The highest BCUT2D eigenvalue weighted by atomic mass is 32.1. The Kier molecular flexibility index (Phi) is 4.81. The molecule has 0 unspecified atom stereocenters. The molecule has 27 heavy (non-hydrogen) atoms. The summed E-state index contributed by atoms with van der Waals surface area (Å²) in [6.07, 6.45) is 7.40. The molecule has 1 aliphatic rings. The summed E-state index contributed by atoms with van der Waals surface area (Å²) in [5.74, 6) is -0.500. The molecule has 134 valence electrons. The van der Waals surface area contributed by atoms with Crippen LogP contribution in [0, 0.1) is 17.4 Å². The summed E-state index contributed by atoms with van der Waals surface area (Å²) < 4.78 is 0. The number of carbonyl (C=O) groups excluding carboxylic acids is 1. The Labute approximate surface area is 161 Å². The summed E-state index contributed by atoms with van der Waals surface area (Å²) in [6, 6.07) is 13.7. The van der Waals surface area contributed by atoms with Gasteiger partial charge in [0.2, 0.25) is 5.91 Å². The molecule has 2 atom stereocenters. The number of hydrogen-bond acceptors (Lipinski definition) is 6. The molecule has 1 saturated heterocycles. The van der Waals surface area contributed by atoms with Crippen LogP contribution < -0.4 is 5.32 Å². The van der Waals surface area contributed by atoms with Crippen molar-refractivity contribution in [2.24, 2.45) is 5.92 Å². The number of carbonyl (C=O) groups is 1. The number of nitriles is 1. The van der Waals surface area contributed by atoms with Crippen molar-refractivity contribution >= 4 is 22.4 Å². The SMILES string of the molecule is N#CN1C[C@@H](C(=O)Nc2ncc(-c3ccccc3)s2)[C@H](c2cccnc2)C1. The van der Waals surface area contributed by atoms with Crippen LogP contribution in [0.25, 0.3) is 10.4 Å². The molecule has 0 radical (unpaired) electrons. The van der Waals surface area contributed by atoms with E-state index >= 15 is 0 Å². The molecule has 1 fully saturated rings. The number of rotatable bonds is 4. The van der Waals surface area contributed by atoms with E-state index in [0.29, 0.717) is 18.2 Å². The monoisotopic (exact) mass is 375 g/mol. The lowest BCUT2D eigenvalue weighted by Crippen LogP contribution is -2.28. The summed E-state index contributed by atoms with van der Waals surface area (Å²) in [6.45, 7) is 0.923. The zero-order valence-corrected chi connectivity index (χ0v) is 15.3. The molecule has 1 N–H and O–H groups in total. The number of anilines is 1. The minimum atomic E-state index is -0.321. The first-order chi connectivity index (χ1) is 13.2. The Hall–Kier alpha value is -3.24. The number of hydrogen-bond donors (Lipinski definition) is 1. The maximum absolute atomic E-state index is 12.9. The average Bonchev–Trinajstić information content (AvgIpc) is 3.36.